The molecule has 0 saturated heterocycles. The van der Waals surface area contributed by atoms with Crippen molar-refractivity contribution in [1.29, 1.82) is 0 Å². The van der Waals surface area contributed by atoms with Gasteiger partial charge in [-0.05, 0) is 51.5 Å². The van der Waals surface area contributed by atoms with Gasteiger partial charge in [-0.2, -0.15) is 0 Å². The molecular weight excluding hydrogens is 391 g/mol. The molecule has 3 atom stereocenters. The number of rotatable bonds is 12. The minimum Gasteiger partial charge on any atom is -0.550 e. The quantitative estimate of drug-likeness (QED) is 0.172. The smallest absolute Gasteiger partial charge is 0.550 e. The molecule has 29 heavy (non-hydrogen) atoms. The third-order valence-corrected chi connectivity index (χ3v) is 5.51. The summed E-state index contributed by atoms with van der Waals surface area (Å²) in [5, 5.41) is 21.1. The predicted octanol–water partition coefficient (Wildman–Crippen LogP) is -1.68. The zero-order chi connectivity index (χ0) is 21.6. The van der Waals surface area contributed by atoms with Gasteiger partial charge in [0.15, 0.2) is 6.10 Å². The van der Waals surface area contributed by atoms with Crippen LogP contribution in [0.2, 0.25) is 0 Å². The van der Waals surface area contributed by atoms with E-state index in [2.05, 4.69) is 0 Å². The Hall–Kier alpha value is -1.38. The number of ether oxygens (including phenoxy) is 2. The van der Waals surface area contributed by atoms with Gasteiger partial charge in [0.05, 0.1) is 11.3 Å². The van der Waals surface area contributed by atoms with Gasteiger partial charge in [0.25, 0.3) is 6.47 Å². The molecule has 0 spiro atoms. The second-order valence-electron chi connectivity index (χ2n) is 8.02. The van der Waals surface area contributed by atoms with E-state index in [-0.39, 0.29) is 49.1 Å². The number of allylic oxidation sites excluding steroid dienone is 1. The number of hydrogen-bond donors (Lipinski definition) is 1. The van der Waals surface area contributed by atoms with E-state index in [9.17, 15) is 29.4 Å². The molecule has 1 saturated carbocycles. The summed E-state index contributed by atoms with van der Waals surface area (Å²) in [5.74, 6) is -6.05. The summed E-state index contributed by atoms with van der Waals surface area (Å²) in [6, 6.07) is 0. The van der Waals surface area contributed by atoms with Crippen LogP contribution < -0.4 is 34.7 Å². The molecule has 158 valence electrons. The molecule has 0 aromatic carbocycles. The zero-order valence-electron chi connectivity index (χ0n) is 18.0. The number of carbonyl (C=O) groups excluding carboxylic acids is 3. The van der Waals surface area contributed by atoms with Crippen molar-refractivity contribution in [3.05, 3.63) is 11.1 Å². The Bertz CT molecular complexity index is 647. The third-order valence-electron chi connectivity index (χ3n) is 5.51. The number of carboxylic acids is 2. The molecule has 9 heteroatoms. The van der Waals surface area contributed by atoms with Gasteiger partial charge >= 0.3 is 41.5 Å². The second-order valence-corrected chi connectivity index (χ2v) is 8.02. The molecule has 1 aliphatic rings. The molecule has 1 N–H and O–H groups in total. The summed E-state index contributed by atoms with van der Waals surface area (Å²) in [4.78, 5) is 46.6. The van der Waals surface area contributed by atoms with Crippen LogP contribution in [0.4, 0.5) is 0 Å². The molecule has 0 heterocycles. The minimum atomic E-state index is -1.47. The van der Waals surface area contributed by atoms with Crippen LogP contribution in [0.25, 0.3) is 0 Å². The standard InChI is InChI=1S/C20H30O8.Na/c1-11(2)13(5)15(28-10-21)9-27-18(24)16(12(3)4)14(17(22)23)8-20(6-7-20)19(25)26;/h10,12,14-16H,6-9H2,1-5H3,(H,22,23)(H,25,26);/q;+1/p-1. The summed E-state index contributed by atoms with van der Waals surface area (Å²) >= 11 is 0. The average Bonchev–Trinajstić information content (AvgIpc) is 3.37. The van der Waals surface area contributed by atoms with Crippen molar-refractivity contribution in [2.75, 3.05) is 6.61 Å². The van der Waals surface area contributed by atoms with Crippen LogP contribution in [0.5, 0.6) is 0 Å². The van der Waals surface area contributed by atoms with Crippen LogP contribution in [-0.2, 0) is 28.7 Å². The third kappa shape index (κ3) is 7.42. The van der Waals surface area contributed by atoms with Gasteiger partial charge in [0, 0.05) is 11.9 Å². The summed E-state index contributed by atoms with van der Waals surface area (Å²) in [5.41, 5.74) is 0.508. The van der Waals surface area contributed by atoms with Gasteiger partial charge in [0.2, 0.25) is 0 Å². The van der Waals surface area contributed by atoms with Gasteiger partial charge in [0.1, 0.15) is 6.61 Å². The maximum atomic E-state index is 12.7. The predicted molar refractivity (Wildman–Crippen MR) is 96.7 cm³/mol. The number of carbonyl (C=O) groups is 4. The molecular formula is C20H29NaO8. The summed E-state index contributed by atoms with van der Waals surface area (Å²) in [6.45, 7) is 8.74. The zero-order valence-corrected chi connectivity index (χ0v) is 20.0. The Morgan fingerprint density at radius 2 is 1.72 bits per heavy atom. The monoisotopic (exact) mass is 420 g/mol. The fraction of sp³-hybridized carbons (Fsp3) is 0.700. The number of esters is 1. The van der Waals surface area contributed by atoms with E-state index in [1.54, 1.807) is 20.8 Å². The summed E-state index contributed by atoms with van der Waals surface area (Å²) in [7, 11) is 0. The van der Waals surface area contributed by atoms with Crippen molar-refractivity contribution in [2.45, 2.75) is 60.0 Å². The molecule has 3 unspecified atom stereocenters. The van der Waals surface area contributed by atoms with Crippen LogP contribution in [0.3, 0.4) is 0 Å². The Morgan fingerprint density at radius 1 is 1.17 bits per heavy atom. The number of hydrogen-bond acceptors (Lipinski definition) is 7. The van der Waals surface area contributed by atoms with E-state index in [0.29, 0.717) is 12.8 Å². The van der Waals surface area contributed by atoms with E-state index < -0.39 is 47.2 Å². The van der Waals surface area contributed by atoms with E-state index in [1.165, 1.54) is 0 Å². The molecule has 1 aliphatic carbocycles. The van der Waals surface area contributed by atoms with E-state index >= 15 is 0 Å². The van der Waals surface area contributed by atoms with Crippen molar-refractivity contribution in [2.24, 2.45) is 23.2 Å². The van der Waals surface area contributed by atoms with Crippen molar-refractivity contribution >= 4 is 24.4 Å². The minimum absolute atomic E-state index is 0. The molecule has 0 radical (unpaired) electrons. The maximum absolute atomic E-state index is 12.7. The van der Waals surface area contributed by atoms with Gasteiger partial charge < -0.3 is 24.5 Å². The molecule has 8 nitrogen and oxygen atoms in total. The number of aliphatic carboxylic acids is 2. The first kappa shape index (κ1) is 27.6. The van der Waals surface area contributed by atoms with Gasteiger partial charge in [-0.15, -0.1) is 0 Å². The normalized spacial score (nSPS) is 17.2. The van der Waals surface area contributed by atoms with Crippen molar-refractivity contribution in [1.82, 2.24) is 0 Å². The molecule has 0 aliphatic heterocycles. The molecule has 0 amide bonds. The van der Waals surface area contributed by atoms with Crippen molar-refractivity contribution in [3.8, 4) is 0 Å². The Morgan fingerprint density at radius 3 is 2.07 bits per heavy atom. The summed E-state index contributed by atoms with van der Waals surface area (Å²) < 4.78 is 10.2. The van der Waals surface area contributed by atoms with Crippen LogP contribution in [0.15, 0.2) is 11.1 Å². The van der Waals surface area contributed by atoms with E-state index in [1.807, 2.05) is 13.8 Å². The SMILES string of the molecule is CC(C)=C(C)C(COC(=O)C(C(C)C)C(CC1(C(=O)O)CC1)C(=O)[O-])OC=O.[Na+]. The largest absolute Gasteiger partial charge is 1.00 e. The molecule has 1 rings (SSSR count). The molecule has 1 fully saturated rings. The van der Waals surface area contributed by atoms with E-state index in [4.69, 9.17) is 9.47 Å². The second kappa shape index (κ2) is 11.7. The van der Waals surface area contributed by atoms with Crippen LogP contribution in [0, 0.1) is 23.2 Å². The van der Waals surface area contributed by atoms with Crippen LogP contribution >= 0.6 is 0 Å². The van der Waals surface area contributed by atoms with Crippen LogP contribution in [-0.4, -0.2) is 42.2 Å². The van der Waals surface area contributed by atoms with Gasteiger partial charge in [-0.1, -0.05) is 19.4 Å². The number of carboxylic acid groups (broad SMARTS) is 2. The van der Waals surface area contributed by atoms with Gasteiger partial charge in [-0.3, -0.25) is 14.4 Å². The topological polar surface area (TPSA) is 130 Å². The van der Waals surface area contributed by atoms with Crippen molar-refractivity contribution < 1.29 is 68.4 Å². The first-order valence-electron chi connectivity index (χ1n) is 9.30. The summed E-state index contributed by atoms with van der Waals surface area (Å²) in [6.07, 6.45) is -0.194. The van der Waals surface area contributed by atoms with Gasteiger partial charge in [-0.25, -0.2) is 0 Å². The fourth-order valence-corrected chi connectivity index (χ4v) is 3.24. The molecule has 0 aromatic rings. The van der Waals surface area contributed by atoms with E-state index in [0.717, 1.165) is 11.1 Å². The Balaban J connectivity index is 0.00000784. The maximum Gasteiger partial charge on any atom is 1.00 e. The molecule has 0 aromatic heterocycles. The first-order valence-corrected chi connectivity index (χ1v) is 9.30. The Kier molecular flexibility index (Phi) is 11.2. The average molecular weight is 420 g/mol. The van der Waals surface area contributed by atoms with Crippen molar-refractivity contribution in [3.63, 3.8) is 0 Å². The first-order chi connectivity index (χ1) is 13.0. The molecule has 0 bridgehead atoms. The van der Waals surface area contributed by atoms with Crippen LogP contribution in [0.1, 0.15) is 53.9 Å². The fourth-order valence-electron chi connectivity index (χ4n) is 3.24. The Labute approximate surface area is 193 Å².